The Hall–Kier alpha value is -2.73. The van der Waals surface area contributed by atoms with E-state index in [2.05, 4.69) is 24.5 Å². The Bertz CT molecular complexity index is 1250. The molecular formula is C50H89N3O8. The van der Waals surface area contributed by atoms with Gasteiger partial charge in [0.1, 0.15) is 37.0 Å². The Morgan fingerprint density at radius 3 is 1.64 bits per heavy atom. The Kier molecular flexibility index (Phi) is 31.0. The SMILES string of the molecule is CCCCCCCCCCCCCCCCCCN(C(=O)CCCCCCCCCCC)[C@@H]1O[C@H](CO)[C@H](O)[C@H](O)[C@H]1NC(=O)[C@H](CC(C)C)NC(=O)OCc1ccccc1. The van der Waals surface area contributed by atoms with Crippen LogP contribution in [0.25, 0.3) is 0 Å². The van der Waals surface area contributed by atoms with Crippen molar-refractivity contribution in [3.63, 3.8) is 0 Å². The topological polar surface area (TPSA) is 158 Å². The lowest BCUT2D eigenvalue weighted by Crippen LogP contribution is -2.70. The van der Waals surface area contributed by atoms with Gasteiger partial charge in [-0.3, -0.25) is 9.59 Å². The number of aliphatic hydroxyl groups is 3. The van der Waals surface area contributed by atoms with E-state index in [-0.39, 0.29) is 24.9 Å². The number of amides is 3. The predicted octanol–water partition coefficient (Wildman–Crippen LogP) is 10.3. The van der Waals surface area contributed by atoms with Gasteiger partial charge in [0.05, 0.1) is 6.61 Å². The van der Waals surface area contributed by atoms with Gasteiger partial charge in [0.25, 0.3) is 0 Å². The van der Waals surface area contributed by atoms with E-state index in [1.165, 1.54) is 109 Å². The minimum Gasteiger partial charge on any atom is -0.445 e. The molecule has 1 aliphatic heterocycles. The van der Waals surface area contributed by atoms with E-state index in [0.29, 0.717) is 19.4 Å². The van der Waals surface area contributed by atoms with E-state index < -0.39 is 55.2 Å². The summed E-state index contributed by atoms with van der Waals surface area (Å²) in [6.07, 6.45) is 24.3. The number of rotatable bonds is 36. The molecule has 1 heterocycles. The normalized spacial score (nSPS) is 19.4. The number of unbranched alkanes of at least 4 members (excludes halogenated alkanes) is 23. The lowest BCUT2D eigenvalue weighted by molar-refractivity contribution is -0.231. The molecule has 0 unspecified atom stereocenters. The van der Waals surface area contributed by atoms with Crippen molar-refractivity contribution in [2.45, 2.75) is 244 Å². The van der Waals surface area contributed by atoms with Gasteiger partial charge < -0.3 is 40.3 Å². The molecule has 2 rings (SSSR count). The monoisotopic (exact) mass is 860 g/mol. The first-order valence-electron chi connectivity index (χ1n) is 24.8. The summed E-state index contributed by atoms with van der Waals surface area (Å²) in [5, 5.41) is 38.2. The van der Waals surface area contributed by atoms with Gasteiger partial charge in [-0.2, -0.15) is 0 Å². The second-order valence-electron chi connectivity index (χ2n) is 18.1. The zero-order valence-electron chi connectivity index (χ0n) is 39.0. The molecule has 1 fully saturated rings. The van der Waals surface area contributed by atoms with Crippen molar-refractivity contribution >= 4 is 17.9 Å². The Morgan fingerprint density at radius 2 is 1.16 bits per heavy atom. The summed E-state index contributed by atoms with van der Waals surface area (Å²) in [6, 6.07) is 7.01. The number of hydrogen-bond donors (Lipinski definition) is 5. The van der Waals surface area contributed by atoms with E-state index in [1.807, 2.05) is 44.2 Å². The summed E-state index contributed by atoms with van der Waals surface area (Å²) >= 11 is 0. The highest BCUT2D eigenvalue weighted by atomic mass is 16.6. The second-order valence-corrected chi connectivity index (χ2v) is 18.1. The van der Waals surface area contributed by atoms with Gasteiger partial charge in [-0.05, 0) is 30.7 Å². The van der Waals surface area contributed by atoms with E-state index in [4.69, 9.17) is 9.47 Å². The number of aliphatic hydroxyl groups excluding tert-OH is 3. The van der Waals surface area contributed by atoms with Crippen LogP contribution in [0.1, 0.15) is 207 Å². The van der Waals surface area contributed by atoms with Crippen LogP contribution < -0.4 is 10.6 Å². The molecule has 0 radical (unpaired) electrons. The first kappa shape index (κ1) is 54.4. The summed E-state index contributed by atoms with van der Waals surface area (Å²) in [4.78, 5) is 42.6. The van der Waals surface area contributed by atoms with E-state index in [9.17, 15) is 29.7 Å². The fourth-order valence-corrected chi connectivity index (χ4v) is 8.35. The maximum atomic E-state index is 14.1. The zero-order chi connectivity index (χ0) is 44.5. The minimum absolute atomic E-state index is 0.0159. The molecule has 0 bridgehead atoms. The predicted molar refractivity (Wildman–Crippen MR) is 246 cm³/mol. The van der Waals surface area contributed by atoms with Gasteiger partial charge in [0.15, 0.2) is 6.23 Å². The van der Waals surface area contributed by atoms with Crippen molar-refractivity contribution in [3.8, 4) is 0 Å². The number of ether oxygens (including phenoxy) is 2. The average Bonchev–Trinajstić information content (AvgIpc) is 3.25. The van der Waals surface area contributed by atoms with Gasteiger partial charge in [-0.15, -0.1) is 0 Å². The largest absolute Gasteiger partial charge is 0.445 e. The Balaban J connectivity index is 2.06. The third kappa shape index (κ3) is 24.1. The van der Waals surface area contributed by atoms with Crippen LogP contribution in [-0.2, 0) is 25.7 Å². The van der Waals surface area contributed by atoms with Gasteiger partial charge in [-0.1, -0.05) is 206 Å². The molecule has 352 valence electrons. The third-order valence-electron chi connectivity index (χ3n) is 12.1. The van der Waals surface area contributed by atoms with E-state index in [1.54, 1.807) is 4.90 Å². The average molecular weight is 860 g/mol. The summed E-state index contributed by atoms with van der Waals surface area (Å²) in [5.41, 5.74) is 0.803. The van der Waals surface area contributed by atoms with Crippen molar-refractivity contribution < 1.29 is 39.2 Å². The molecule has 0 saturated carbocycles. The summed E-state index contributed by atoms with van der Waals surface area (Å²) in [7, 11) is 0. The van der Waals surface area contributed by atoms with Crippen molar-refractivity contribution in [2.24, 2.45) is 5.92 Å². The molecule has 11 heteroatoms. The third-order valence-corrected chi connectivity index (χ3v) is 12.1. The summed E-state index contributed by atoms with van der Waals surface area (Å²) in [5.74, 6) is -0.719. The van der Waals surface area contributed by atoms with Crippen LogP contribution in [-0.4, -0.2) is 87.9 Å². The number of hydrogen-bond acceptors (Lipinski definition) is 8. The maximum Gasteiger partial charge on any atom is 0.408 e. The van der Waals surface area contributed by atoms with Crippen LogP contribution >= 0.6 is 0 Å². The van der Waals surface area contributed by atoms with Crippen molar-refractivity contribution in [1.29, 1.82) is 0 Å². The van der Waals surface area contributed by atoms with Crippen LogP contribution in [0.15, 0.2) is 30.3 Å². The van der Waals surface area contributed by atoms with Crippen LogP contribution in [0, 0.1) is 5.92 Å². The molecule has 3 amide bonds. The van der Waals surface area contributed by atoms with Crippen molar-refractivity contribution in [3.05, 3.63) is 35.9 Å². The van der Waals surface area contributed by atoms with Gasteiger partial charge >= 0.3 is 6.09 Å². The maximum absolute atomic E-state index is 14.1. The zero-order valence-corrected chi connectivity index (χ0v) is 39.0. The molecule has 5 N–H and O–H groups in total. The molecule has 6 atom stereocenters. The fraction of sp³-hybridized carbons (Fsp3) is 0.820. The van der Waals surface area contributed by atoms with Crippen LogP contribution in [0.2, 0.25) is 0 Å². The summed E-state index contributed by atoms with van der Waals surface area (Å²) < 4.78 is 11.7. The fourth-order valence-electron chi connectivity index (χ4n) is 8.35. The molecule has 0 aromatic heterocycles. The molecule has 0 spiro atoms. The van der Waals surface area contributed by atoms with Crippen LogP contribution in [0.5, 0.6) is 0 Å². The van der Waals surface area contributed by atoms with Gasteiger partial charge in [0, 0.05) is 13.0 Å². The lowest BCUT2D eigenvalue weighted by atomic mass is 9.94. The summed E-state index contributed by atoms with van der Waals surface area (Å²) in [6.45, 7) is 8.15. The van der Waals surface area contributed by atoms with Crippen LogP contribution in [0.3, 0.4) is 0 Å². The Morgan fingerprint density at radius 1 is 0.689 bits per heavy atom. The van der Waals surface area contributed by atoms with Crippen molar-refractivity contribution in [2.75, 3.05) is 13.2 Å². The first-order valence-corrected chi connectivity index (χ1v) is 24.8. The molecule has 1 aromatic rings. The highest BCUT2D eigenvalue weighted by Crippen LogP contribution is 2.26. The number of nitrogens with zero attached hydrogens (tertiary/aromatic N) is 1. The number of benzene rings is 1. The van der Waals surface area contributed by atoms with Gasteiger partial charge in [0.2, 0.25) is 11.8 Å². The quantitative estimate of drug-likeness (QED) is 0.0418. The molecular weight excluding hydrogens is 771 g/mol. The highest BCUT2D eigenvalue weighted by molar-refractivity contribution is 5.86. The molecule has 1 aromatic carbocycles. The van der Waals surface area contributed by atoms with E-state index in [0.717, 1.165) is 50.5 Å². The first-order chi connectivity index (χ1) is 29.6. The lowest BCUT2D eigenvalue weighted by Gasteiger charge is -2.47. The highest BCUT2D eigenvalue weighted by Gasteiger charge is 2.48. The molecule has 11 nitrogen and oxygen atoms in total. The smallest absolute Gasteiger partial charge is 0.408 e. The molecule has 0 aliphatic carbocycles. The van der Waals surface area contributed by atoms with Crippen LogP contribution in [0.4, 0.5) is 4.79 Å². The number of nitrogens with one attached hydrogen (secondary N) is 2. The number of carbonyl (C=O) groups is 3. The minimum atomic E-state index is -1.54. The standard InChI is InChI=1S/C50H89N3O8/c1-5-7-9-11-13-15-16-17-18-19-20-21-23-25-27-32-36-53(44(55)35-31-26-24-22-14-12-10-8-6-2)49-45(47(57)46(56)43(38-54)61-49)52-48(58)42(37-40(3)4)51-50(59)60-39-41-33-29-28-30-34-41/h28-30,33-34,40,42-43,45-47,49,54,56-57H,5-27,31-32,35-39H2,1-4H3,(H,51,59)(H,52,58)/t42-,43+,45+,46-,47+,49+/m0/s1. The molecule has 1 saturated heterocycles. The Labute approximate surface area is 370 Å². The number of alkyl carbamates (subject to hydrolysis) is 1. The molecule has 61 heavy (non-hydrogen) atoms. The second kappa shape index (κ2) is 34.7. The number of carbonyl (C=O) groups excluding carboxylic acids is 3. The van der Waals surface area contributed by atoms with Crippen molar-refractivity contribution in [1.82, 2.24) is 15.5 Å². The van der Waals surface area contributed by atoms with Gasteiger partial charge in [-0.25, -0.2) is 4.79 Å². The molecule has 1 aliphatic rings. The van der Waals surface area contributed by atoms with E-state index >= 15 is 0 Å².